The van der Waals surface area contributed by atoms with Crippen LogP contribution in [0.5, 0.6) is 0 Å². The van der Waals surface area contributed by atoms with Gasteiger partial charge in [-0.25, -0.2) is 0 Å². The Kier molecular flexibility index (Phi) is 4.65. The van der Waals surface area contributed by atoms with Gasteiger partial charge in [0.05, 0.1) is 12.0 Å². The molecule has 18 heavy (non-hydrogen) atoms. The van der Waals surface area contributed by atoms with Crippen molar-refractivity contribution in [1.82, 2.24) is 0 Å². The smallest absolute Gasteiger partial charge is 0.305 e. The van der Waals surface area contributed by atoms with Gasteiger partial charge < -0.3 is 4.74 Å². The highest BCUT2D eigenvalue weighted by Crippen LogP contribution is 2.41. The van der Waals surface area contributed by atoms with Gasteiger partial charge in [-0.15, -0.1) is 11.6 Å². The Morgan fingerprint density at radius 1 is 1.50 bits per heavy atom. The molecule has 0 amide bonds. The summed E-state index contributed by atoms with van der Waals surface area (Å²) < 4.78 is 4.90. The van der Waals surface area contributed by atoms with Crippen molar-refractivity contribution in [3.63, 3.8) is 0 Å². The van der Waals surface area contributed by atoms with Crippen molar-refractivity contribution in [3.8, 4) is 0 Å². The van der Waals surface area contributed by atoms with Crippen molar-refractivity contribution in [2.45, 2.75) is 43.9 Å². The van der Waals surface area contributed by atoms with E-state index in [-0.39, 0.29) is 11.3 Å². The molecule has 0 aliphatic heterocycles. The third kappa shape index (κ3) is 3.74. The summed E-state index contributed by atoms with van der Waals surface area (Å²) in [6.07, 6.45) is 3.60. The van der Waals surface area contributed by atoms with E-state index < -0.39 is 0 Å². The number of halogens is 1. The lowest BCUT2D eigenvalue weighted by Crippen LogP contribution is -2.05. The molecule has 0 bridgehead atoms. The first-order valence-corrected chi connectivity index (χ1v) is 7.04. The Morgan fingerprint density at radius 3 is 2.94 bits per heavy atom. The third-order valence-corrected chi connectivity index (χ3v) is 3.70. The lowest BCUT2D eigenvalue weighted by atomic mass is 10.0. The van der Waals surface area contributed by atoms with E-state index in [9.17, 15) is 4.79 Å². The maximum absolute atomic E-state index is 11.3. The number of ether oxygens (including phenoxy) is 1. The van der Waals surface area contributed by atoms with Crippen molar-refractivity contribution in [2.24, 2.45) is 0 Å². The van der Waals surface area contributed by atoms with Gasteiger partial charge in [-0.1, -0.05) is 24.3 Å². The minimum Gasteiger partial charge on any atom is -0.466 e. The summed E-state index contributed by atoms with van der Waals surface area (Å²) >= 11 is 6.34. The van der Waals surface area contributed by atoms with Gasteiger partial charge in [0, 0.05) is 6.42 Å². The molecule has 0 radical (unpaired) electrons. The first kappa shape index (κ1) is 13.4. The monoisotopic (exact) mass is 266 g/mol. The van der Waals surface area contributed by atoms with Crippen LogP contribution in [0, 0.1) is 0 Å². The van der Waals surface area contributed by atoms with E-state index in [0.29, 0.717) is 19.4 Å². The van der Waals surface area contributed by atoms with Gasteiger partial charge in [-0.05, 0) is 43.2 Å². The Labute approximate surface area is 113 Å². The molecule has 1 aromatic carbocycles. The second kappa shape index (κ2) is 6.24. The second-order valence-electron chi connectivity index (χ2n) is 4.76. The fourth-order valence-corrected chi connectivity index (χ4v) is 2.31. The van der Waals surface area contributed by atoms with E-state index in [0.717, 1.165) is 11.5 Å². The number of carbonyl (C=O) groups excluding carboxylic acids is 1. The fourth-order valence-electron chi connectivity index (χ4n) is 2.07. The van der Waals surface area contributed by atoms with E-state index in [1.54, 1.807) is 0 Å². The quantitative estimate of drug-likeness (QED) is 0.570. The molecule has 0 aromatic heterocycles. The normalized spacial score (nSPS) is 16.3. The van der Waals surface area contributed by atoms with E-state index in [1.165, 1.54) is 18.4 Å². The van der Waals surface area contributed by atoms with Gasteiger partial charge >= 0.3 is 5.97 Å². The van der Waals surface area contributed by atoms with Crippen LogP contribution < -0.4 is 0 Å². The molecule has 0 heterocycles. The molecule has 1 fully saturated rings. The lowest BCUT2D eigenvalue weighted by molar-refractivity contribution is -0.143. The Hall–Kier alpha value is -1.02. The van der Waals surface area contributed by atoms with Crippen molar-refractivity contribution >= 4 is 17.6 Å². The Morgan fingerprint density at radius 2 is 2.28 bits per heavy atom. The number of hydrogen-bond donors (Lipinski definition) is 0. The minimum atomic E-state index is -0.165. The van der Waals surface area contributed by atoms with Gasteiger partial charge in [0.2, 0.25) is 0 Å². The predicted octanol–water partition coefficient (Wildman–Crippen LogP) is 4.19. The van der Waals surface area contributed by atoms with Gasteiger partial charge in [-0.3, -0.25) is 4.79 Å². The second-order valence-corrected chi connectivity index (χ2v) is 5.28. The SMILES string of the molecule is CCOC(=O)CCC(Cl)c1cccc(C2CC2)c1. The van der Waals surface area contributed by atoms with Crippen LogP contribution in [0.15, 0.2) is 24.3 Å². The van der Waals surface area contributed by atoms with E-state index in [1.807, 2.05) is 13.0 Å². The number of hydrogen-bond acceptors (Lipinski definition) is 2. The molecule has 0 spiro atoms. The van der Waals surface area contributed by atoms with Crippen molar-refractivity contribution in [2.75, 3.05) is 6.61 Å². The highest BCUT2D eigenvalue weighted by atomic mass is 35.5. The summed E-state index contributed by atoms with van der Waals surface area (Å²) in [5.74, 6) is 0.570. The van der Waals surface area contributed by atoms with Crippen LogP contribution in [-0.4, -0.2) is 12.6 Å². The summed E-state index contributed by atoms with van der Waals surface area (Å²) in [5, 5.41) is -0.104. The molecule has 2 nitrogen and oxygen atoms in total. The van der Waals surface area contributed by atoms with Gasteiger partial charge in [0.1, 0.15) is 0 Å². The molecule has 3 heteroatoms. The summed E-state index contributed by atoms with van der Waals surface area (Å²) in [6, 6.07) is 8.44. The number of carbonyl (C=O) groups is 1. The van der Waals surface area contributed by atoms with Crippen molar-refractivity contribution in [3.05, 3.63) is 35.4 Å². The maximum atomic E-state index is 11.3. The van der Waals surface area contributed by atoms with E-state index in [2.05, 4.69) is 18.2 Å². The third-order valence-electron chi connectivity index (χ3n) is 3.23. The van der Waals surface area contributed by atoms with Gasteiger partial charge in [-0.2, -0.15) is 0 Å². The Balaban J connectivity index is 1.89. The van der Waals surface area contributed by atoms with Gasteiger partial charge in [0.15, 0.2) is 0 Å². The number of benzene rings is 1. The minimum absolute atomic E-state index is 0.104. The average Bonchev–Trinajstić information content (AvgIpc) is 3.21. The maximum Gasteiger partial charge on any atom is 0.305 e. The highest BCUT2D eigenvalue weighted by Gasteiger charge is 2.24. The van der Waals surface area contributed by atoms with E-state index in [4.69, 9.17) is 16.3 Å². The summed E-state index contributed by atoms with van der Waals surface area (Å²) in [5.41, 5.74) is 2.50. The molecule has 98 valence electrons. The zero-order valence-electron chi connectivity index (χ0n) is 10.7. The molecule has 1 aliphatic rings. The lowest BCUT2D eigenvalue weighted by Gasteiger charge is -2.11. The molecule has 1 aromatic rings. The van der Waals surface area contributed by atoms with Crippen LogP contribution in [0.1, 0.15) is 55.0 Å². The Bertz CT molecular complexity index is 413. The standard InChI is InChI=1S/C15H19ClO2/c1-2-18-15(17)9-8-14(16)13-5-3-4-12(10-13)11-6-7-11/h3-5,10-11,14H,2,6-9H2,1H3. The van der Waals surface area contributed by atoms with Crippen LogP contribution in [0.2, 0.25) is 0 Å². The average molecular weight is 267 g/mol. The molecule has 1 aliphatic carbocycles. The van der Waals surface area contributed by atoms with E-state index >= 15 is 0 Å². The summed E-state index contributed by atoms with van der Waals surface area (Å²) in [4.78, 5) is 11.3. The summed E-state index contributed by atoms with van der Waals surface area (Å²) in [6.45, 7) is 2.25. The van der Waals surface area contributed by atoms with Crippen LogP contribution in [0.3, 0.4) is 0 Å². The zero-order chi connectivity index (χ0) is 13.0. The fraction of sp³-hybridized carbons (Fsp3) is 0.533. The molecule has 0 saturated heterocycles. The molecule has 1 unspecified atom stereocenters. The topological polar surface area (TPSA) is 26.3 Å². The molecule has 2 rings (SSSR count). The highest BCUT2D eigenvalue weighted by molar-refractivity contribution is 6.20. The van der Waals surface area contributed by atoms with Gasteiger partial charge in [0.25, 0.3) is 0 Å². The molecular formula is C15H19ClO2. The first-order chi connectivity index (χ1) is 8.70. The van der Waals surface area contributed by atoms with Crippen LogP contribution in [-0.2, 0) is 9.53 Å². The number of rotatable bonds is 6. The van der Waals surface area contributed by atoms with Crippen LogP contribution in [0.4, 0.5) is 0 Å². The number of alkyl halides is 1. The molecule has 1 saturated carbocycles. The molecule has 0 N–H and O–H groups in total. The number of esters is 1. The molecule has 1 atom stereocenters. The van der Waals surface area contributed by atoms with Crippen LogP contribution in [0.25, 0.3) is 0 Å². The van der Waals surface area contributed by atoms with Crippen LogP contribution >= 0.6 is 11.6 Å². The van der Waals surface area contributed by atoms with Crippen molar-refractivity contribution < 1.29 is 9.53 Å². The first-order valence-electron chi connectivity index (χ1n) is 6.60. The van der Waals surface area contributed by atoms with Crippen molar-refractivity contribution in [1.29, 1.82) is 0 Å². The summed E-state index contributed by atoms with van der Waals surface area (Å²) in [7, 11) is 0. The predicted molar refractivity (Wildman–Crippen MR) is 72.9 cm³/mol. The largest absolute Gasteiger partial charge is 0.466 e. The zero-order valence-corrected chi connectivity index (χ0v) is 11.5. The molecular weight excluding hydrogens is 248 g/mol.